The van der Waals surface area contributed by atoms with E-state index >= 15 is 0 Å². The molecule has 12 heavy (non-hydrogen) atoms. The van der Waals surface area contributed by atoms with Crippen LogP contribution in [0.3, 0.4) is 0 Å². The molecule has 0 bridgehead atoms. The summed E-state index contributed by atoms with van der Waals surface area (Å²) >= 11 is 0. The summed E-state index contributed by atoms with van der Waals surface area (Å²) in [5, 5.41) is 0. The Hall–Kier alpha value is -0.870. The van der Waals surface area contributed by atoms with Crippen molar-refractivity contribution in [3.05, 3.63) is 35.4 Å². The summed E-state index contributed by atoms with van der Waals surface area (Å²) in [4.78, 5) is 0. The average Bonchev–Trinajstić information content (AvgIpc) is 1.82. The van der Waals surface area contributed by atoms with Crippen molar-refractivity contribution in [2.75, 3.05) is 0 Å². The van der Waals surface area contributed by atoms with Gasteiger partial charge in [-0.2, -0.15) is 8.42 Å². The van der Waals surface area contributed by atoms with Gasteiger partial charge < -0.3 is 0 Å². The normalized spacial score (nSPS) is 11.5. The number of benzene rings is 1. The molecule has 0 spiro atoms. The molecule has 0 aliphatic rings. The van der Waals surface area contributed by atoms with Crippen molar-refractivity contribution in [2.45, 2.75) is 12.7 Å². The third-order valence-electron chi connectivity index (χ3n) is 1.36. The minimum absolute atomic E-state index is 0.331. The van der Waals surface area contributed by atoms with E-state index in [1.165, 1.54) is 0 Å². The zero-order valence-corrected chi connectivity index (χ0v) is 7.43. The second-order valence-electron chi connectivity index (χ2n) is 2.61. The Kier molecular flexibility index (Phi) is 2.49. The fourth-order valence-corrected chi connectivity index (χ4v) is 1.55. The van der Waals surface area contributed by atoms with Crippen LogP contribution in [-0.4, -0.2) is 13.0 Å². The summed E-state index contributed by atoms with van der Waals surface area (Å²) < 4.78 is 29.4. The summed E-state index contributed by atoms with van der Waals surface area (Å²) in [7, 11) is -3.91. The monoisotopic (exact) mass is 185 g/mol. The van der Waals surface area contributed by atoms with Crippen LogP contribution in [0.5, 0.6) is 0 Å². The fourth-order valence-electron chi connectivity index (χ4n) is 0.948. The van der Waals surface area contributed by atoms with Gasteiger partial charge in [-0.05, 0) is 24.1 Å². The van der Waals surface area contributed by atoms with E-state index in [2.05, 4.69) is 6.07 Å². The summed E-state index contributed by atoms with van der Waals surface area (Å²) in [5.74, 6) is -0.331. The number of hydrogen-bond acceptors (Lipinski definition) is 2. The van der Waals surface area contributed by atoms with Crippen molar-refractivity contribution >= 4 is 10.1 Å². The lowest BCUT2D eigenvalue weighted by Gasteiger charge is -1.98. The molecule has 1 aromatic rings. The molecule has 0 unspecified atom stereocenters. The molecule has 1 radical (unpaired) electrons. The van der Waals surface area contributed by atoms with Gasteiger partial charge in [0.05, 0.1) is 0 Å². The molecule has 65 valence electrons. The third kappa shape index (κ3) is 3.02. The van der Waals surface area contributed by atoms with Gasteiger partial charge >= 0.3 is 0 Å². The lowest BCUT2D eigenvalue weighted by molar-refractivity contribution is 0.482. The quantitative estimate of drug-likeness (QED) is 0.704. The molecule has 0 aromatic heterocycles. The molecule has 1 N–H and O–H groups in total. The summed E-state index contributed by atoms with van der Waals surface area (Å²) in [6.07, 6.45) is 0. The fraction of sp³-hybridized carbons (Fsp3) is 0.250. The number of aryl methyl sites for hydroxylation is 1. The van der Waals surface area contributed by atoms with Gasteiger partial charge in [-0.25, -0.2) is 0 Å². The van der Waals surface area contributed by atoms with Crippen LogP contribution in [0, 0.1) is 13.0 Å². The van der Waals surface area contributed by atoms with Gasteiger partial charge in [0.1, 0.15) is 5.75 Å². The summed E-state index contributed by atoms with van der Waals surface area (Å²) in [6.45, 7) is 1.81. The van der Waals surface area contributed by atoms with Crippen molar-refractivity contribution in [1.29, 1.82) is 0 Å². The predicted molar refractivity (Wildman–Crippen MR) is 45.3 cm³/mol. The Morgan fingerprint density at radius 1 is 1.58 bits per heavy atom. The Bertz CT molecular complexity index is 368. The van der Waals surface area contributed by atoms with Crippen LogP contribution in [0.4, 0.5) is 0 Å². The molecule has 0 heterocycles. The molecular weight excluding hydrogens is 176 g/mol. The third-order valence-corrected chi connectivity index (χ3v) is 2.06. The van der Waals surface area contributed by atoms with Crippen LogP contribution in [0.15, 0.2) is 18.2 Å². The number of hydrogen-bond donors (Lipinski definition) is 1. The first kappa shape index (κ1) is 9.22. The molecular formula is C8H9O3S. The molecule has 0 saturated carbocycles. The SMILES string of the molecule is Cc1[c]ccc(CS(=O)(=O)O)c1. The zero-order valence-electron chi connectivity index (χ0n) is 6.61. The maximum Gasteiger partial charge on any atom is 0.269 e. The van der Waals surface area contributed by atoms with Crippen molar-refractivity contribution < 1.29 is 13.0 Å². The Morgan fingerprint density at radius 3 is 2.75 bits per heavy atom. The van der Waals surface area contributed by atoms with E-state index in [-0.39, 0.29) is 5.75 Å². The van der Waals surface area contributed by atoms with Crippen molar-refractivity contribution in [3.8, 4) is 0 Å². The lowest BCUT2D eigenvalue weighted by atomic mass is 10.2. The lowest BCUT2D eigenvalue weighted by Crippen LogP contribution is -2.01. The zero-order chi connectivity index (χ0) is 9.19. The van der Waals surface area contributed by atoms with Gasteiger partial charge in [0.2, 0.25) is 0 Å². The molecule has 0 fully saturated rings. The highest BCUT2D eigenvalue weighted by Crippen LogP contribution is 2.06. The van der Waals surface area contributed by atoms with Gasteiger partial charge in [-0.1, -0.05) is 18.2 Å². The molecule has 0 amide bonds. The first-order valence-electron chi connectivity index (χ1n) is 3.40. The minimum atomic E-state index is -3.91. The van der Waals surface area contributed by atoms with Crippen molar-refractivity contribution in [3.63, 3.8) is 0 Å². The van der Waals surface area contributed by atoms with Crippen molar-refractivity contribution in [2.24, 2.45) is 0 Å². The molecule has 4 heteroatoms. The second kappa shape index (κ2) is 3.25. The van der Waals surface area contributed by atoms with E-state index in [1.807, 2.05) is 6.92 Å². The van der Waals surface area contributed by atoms with Crippen LogP contribution < -0.4 is 0 Å². The largest absolute Gasteiger partial charge is 0.285 e. The molecule has 0 aliphatic carbocycles. The van der Waals surface area contributed by atoms with E-state index in [1.54, 1.807) is 18.2 Å². The highest BCUT2D eigenvalue weighted by Gasteiger charge is 2.05. The standard InChI is InChI=1S/C8H9O3S/c1-7-3-2-4-8(5-7)6-12(9,10)11/h2,4-5H,6H2,1H3,(H,9,10,11). The maximum absolute atomic E-state index is 10.5. The van der Waals surface area contributed by atoms with E-state index in [0.29, 0.717) is 5.56 Å². The smallest absolute Gasteiger partial charge is 0.269 e. The van der Waals surface area contributed by atoms with Gasteiger partial charge in [0.15, 0.2) is 0 Å². The Labute approximate surface area is 71.8 Å². The van der Waals surface area contributed by atoms with Crippen LogP contribution >= 0.6 is 0 Å². The Balaban J connectivity index is 2.91. The molecule has 0 atom stereocenters. The van der Waals surface area contributed by atoms with E-state index < -0.39 is 10.1 Å². The van der Waals surface area contributed by atoms with Gasteiger partial charge in [0, 0.05) is 0 Å². The molecule has 0 saturated heterocycles. The summed E-state index contributed by atoms with van der Waals surface area (Å²) in [5.41, 5.74) is 1.44. The highest BCUT2D eigenvalue weighted by atomic mass is 32.2. The topological polar surface area (TPSA) is 54.4 Å². The molecule has 0 aliphatic heterocycles. The van der Waals surface area contributed by atoms with Crippen LogP contribution in [-0.2, 0) is 15.9 Å². The van der Waals surface area contributed by atoms with Crippen LogP contribution in [0.1, 0.15) is 11.1 Å². The Morgan fingerprint density at radius 2 is 2.25 bits per heavy atom. The van der Waals surface area contributed by atoms with Gasteiger partial charge in [-0.15, -0.1) is 0 Å². The number of rotatable bonds is 2. The van der Waals surface area contributed by atoms with Crippen LogP contribution in [0.2, 0.25) is 0 Å². The van der Waals surface area contributed by atoms with E-state index in [9.17, 15) is 8.42 Å². The van der Waals surface area contributed by atoms with Crippen LogP contribution in [0.25, 0.3) is 0 Å². The second-order valence-corrected chi connectivity index (χ2v) is 4.06. The summed E-state index contributed by atoms with van der Waals surface area (Å²) in [6, 6.07) is 7.80. The predicted octanol–water partition coefficient (Wildman–Crippen LogP) is 1.18. The maximum atomic E-state index is 10.5. The first-order chi connectivity index (χ1) is 5.47. The van der Waals surface area contributed by atoms with Gasteiger partial charge in [-0.3, -0.25) is 4.55 Å². The van der Waals surface area contributed by atoms with Crippen molar-refractivity contribution in [1.82, 2.24) is 0 Å². The molecule has 1 aromatic carbocycles. The van der Waals surface area contributed by atoms with E-state index in [0.717, 1.165) is 5.56 Å². The molecule has 1 rings (SSSR count). The van der Waals surface area contributed by atoms with E-state index in [4.69, 9.17) is 4.55 Å². The average molecular weight is 185 g/mol. The molecule has 3 nitrogen and oxygen atoms in total. The highest BCUT2D eigenvalue weighted by molar-refractivity contribution is 7.85. The first-order valence-corrected chi connectivity index (χ1v) is 5.01. The van der Waals surface area contributed by atoms with Gasteiger partial charge in [0.25, 0.3) is 10.1 Å². The minimum Gasteiger partial charge on any atom is -0.285 e.